The summed E-state index contributed by atoms with van der Waals surface area (Å²) in [5, 5.41) is 2.87. The Balaban J connectivity index is 1.51. The molecule has 4 amide bonds. The minimum Gasteiger partial charge on any atom is -0.494 e. The molecule has 0 unspecified atom stereocenters. The number of rotatable bonds is 8. The Kier molecular flexibility index (Phi) is 7.50. The number of carbonyl (C=O) groups is 3. The Morgan fingerprint density at radius 3 is 2.32 bits per heavy atom. The fourth-order valence-corrected chi connectivity index (χ4v) is 4.74. The molecule has 0 spiro atoms. The highest BCUT2D eigenvalue weighted by molar-refractivity contribution is 6.22. The normalized spacial score (nSPS) is 18.9. The zero-order chi connectivity index (χ0) is 24.1. The Bertz CT molecular complexity index is 1010. The molecule has 2 aliphatic rings. The van der Waals surface area contributed by atoms with Crippen LogP contribution >= 0.6 is 0 Å². The van der Waals surface area contributed by atoms with Crippen molar-refractivity contribution in [3.8, 4) is 5.75 Å². The second kappa shape index (κ2) is 10.7. The van der Waals surface area contributed by atoms with Gasteiger partial charge in [-0.2, -0.15) is 0 Å². The first-order valence-electron chi connectivity index (χ1n) is 12.2. The number of amides is 4. The largest absolute Gasteiger partial charge is 0.494 e. The van der Waals surface area contributed by atoms with Crippen molar-refractivity contribution in [3.05, 3.63) is 54.1 Å². The van der Waals surface area contributed by atoms with E-state index in [-0.39, 0.29) is 30.3 Å². The molecule has 1 aliphatic heterocycles. The molecule has 1 saturated heterocycles. The van der Waals surface area contributed by atoms with E-state index in [4.69, 9.17) is 4.74 Å². The van der Waals surface area contributed by atoms with Gasteiger partial charge in [0.25, 0.3) is 5.91 Å². The number of carbonyl (C=O) groups excluding carboxylic acids is 3. The van der Waals surface area contributed by atoms with Crippen LogP contribution in [0, 0.1) is 6.92 Å². The summed E-state index contributed by atoms with van der Waals surface area (Å²) in [5.41, 5.74) is 2.23. The molecular weight excluding hydrogens is 430 g/mol. The summed E-state index contributed by atoms with van der Waals surface area (Å²) in [6.07, 6.45) is 5.76. The van der Waals surface area contributed by atoms with Crippen LogP contribution in [0.1, 0.15) is 57.4 Å². The first-order chi connectivity index (χ1) is 16.5. The lowest BCUT2D eigenvalue weighted by Crippen LogP contribution is -2.45. The summed E-state index contributed by atoms with van der Waals surface area (Å²) >= 11 is 0. The number of nitrogens with one attached hydrogen (secondary N) is 1. The van der Waals surface area contributed by atoms with Crippen LogP contribution in [0.25, 0.3) is 0 Å². The molecule has 0 radical (unpaired) electrons. The zero-order valence-electron chi connectivity index (χ0n) is 20.0. The number of hydrogen-bond donors (Lipinski definition) is 1. The zero-order valence-corrected chi connectivity index (χ0v) is 20.0. The fraction of sp³-hybridized carbons (Fsp3) is 0.444. The average Bonchev–Trinajstić information content (AvgIpc) is 3.09. The number of ether oxygens (including phenoxy) is 1. The van der Waals surface area contributed by atoms with Crippen molar-refractivity contribution in [2.24, 2.45) is 0 Å². The van der Waals surface area contributed by atoms with Crippen LogP contribution in [0.4, 0.5) is 16.2 Å². The van der Waals surface area contributed by atoms with Crippen LogP contribution in [0.2, 0.25) is 0 Å². The molecule has 0 aromatic heterocycles. The molecule has 2 aromatic rings. The Morgan fingerprint density at radius 1 is 1.00 bits per heavy atom. The summed E-state index contributed by atoms with van der Waals surface area (Å²) < 4.78 is 5.58. The van der Waals surface area contributed by atoms with E-state index in [1.807, 2.05) is 38.1 Å². The number of hydrogen-bond acceptors (Lipinski definition) is 4. The molecule has 1 atom stereocenters. The van der Waals surface area contributed by atoms with Crippen molar-refractivity contribution in [3.63, 3.8) is 0 Å². The van der Waals surface area contributed by atoms with Gasteiger partial charge in [0.15, 0.2) is 0 Å². The highest BCUT2D eigenvalue weighted by atomic mass is 16.5. The van der Waals surface area contributed by atoms with Crippen LogP contribution in [-0.2, 0) is 9.59 Å². The number of aryl methyl sites for hydroxylation is 1. The van der Waals surface area contributed by atoms with E-state index >= 15 is 0 Å². The van der Waals surface area contributed by atoms with Gasteiger partial charge in [-0.25, -0.2) is 9.69 Å². The lowest BCUT2D eigenvalue weighted by Gasteiger charge is -2.33. The van der Waals surface area contributed by atoms with E-state index in [1.54, 1.807) is 29.2 Å². The number of urea groups is 1. The van der Waals surface area contributed by atoms with Crippen LogP contribution in [0.3, 0.4) is 0 Å². The van der Waals surface area contributed by atoms with Gasteiger partial charge >= 0.3 is 6.03 Å². The third kappa shape index (κ3) is 5.24. The van der Waals surface area contributed by atoms with Gasteiger partial charge < -0.3 is 15.0 Å². The van der Waals surface area contributed by atoms with Crippen LogP contribution in [-0.4, -0.2) is 41.4 Å². The Labute approximate surface area is 201 Å². The van der Waals surface area contributed by atoms with Gasteiger partial charge in [0, 0.05) is 11.7 Å². The lowest BCUT2D eigenvalue weighted by molar-refractivity contribution is -0.125. The first kappa shape index (κ1) is 23.8. The molecule has 7 heteroatoms. The second-order valence-electron chi connectivity index (χ2n) is 9.13. The maximum absolute atomic E-state index is 13.5. The maximum Gasteiger partial charge on any atom is 0.332 e. The molecule has 1 N–H and O–H groups in total. The third-order valence-corrected chi connectivity index (χ3v) is 6.50. The first-order valence-corrected chi connectivity index (χ1v) is 12.2. The average molecular weight is 464 g/mol. The van der Waals surface area contributed by atoms with E-state index in [9.17, 15) is 14.4 Å². The molecule has 4 rings (SSSR count). The molecule has 180 valence electrons. The predicted molar refractivity (Wildman–Crippen MR) is 132 cm³/mol. The van der Waals surface area contributed by atoms with Crippen molar-refractivity contribution in [1.82, 2.24) is 4.90 Å². The Morgan fingerprint density at radius 2 is 1.68 bits per heavy atom. The van der Waals surface area contributed by atoms with E-state index in [0.717, 1.165) is 49.8 Å². The maximum atomic E-state index is 13.5. The summed E-state index contributed by atoms with van der Waals surface area (Å²) in [5.74, 6) is 0.117. The molecule has 7 nitrogen and oxygen atoms in total. The highest BCUT2D eigenvalue weighted by Crippen LogP contribution is 2.33. The topological polar surface area (TPSA) is 79.0 Å². The van der Waals surface area contributed by atoms with Crippen LogP contribution in [0.5, 0.6) is 5.75 Å². The van der Waals surface area contributed by atoms with Gasteiger partial charge in [-0.15, -0.1) is 0 Å². The van der Waals surface area contributed by atoms with Crippen molar-refractivity contribution in [2.45, 2.75) is 70.9 Å². The van der Waals surface area contributed by atoms with Gasteiger partial charge in [0.1, 0.15) is 11.8 Å². The summed E-state index contributed by atoms with van der Waals surface area (Å²) in [6, 6.07) is 13.4. The lowest BCUT2D eigenvalue weighted by atomic mass is 9.93. The molecular formula is C27H33N3O4. The number of anilines is 2. The van der Waals surface area contributed by atoms with Crippen molar-refractivity contribution in [1.29, 1.82) is 0 Å². The molecule has 2 fully saturated rings. The molecule has 1 heterocycles. The second-order valence-corrected chi connectivity index (χ2v) is 9.13. The smallest absolute Gasteiger partial charge is 0.332 e. The standard InChI is InChI=1S/C27H33N3O4/c1-3-17-34-23-15-11-20(12-16-23)28-25(31)18-24-26(32)30(22-13-9-19(2)10-14-22)27(33)29(24)21-7-5-4-6-8-21/h9-16,21,24H,3-8,17-18H2,1-2H3,(H,28,31)/t24-/m1/s1. The highest BCUT2D eigenvalue weighted by Gasteiger charge is 2.49. The van der Waals surface area contributed by atoms with Gasteiger partial charge in [-0.05, 0) is 62.6 Å². The fourth-order valence-electron chi connectivity index (χ4n) is 4.74. The van der Waals surface area contributed by atoms with E-state index in [2.05, 4.69) is 5.32 Å². The summed E-state index contributed by atoms with van der Waals surface area (Å²) in [6.45, 7) is 4.64. The van der Waals surface area contributed by atoms with Crippen molar-refractivity contribution in [2.75, 3.05) is 16.8 Å². The van der Waals surface area contributed by atoms with Gasteiger partial charge in [-0.3, -0.25) is 9.59 Å². The molecule has 1 aliphatic carbocycles. The Hall–Kier alpha value is -3.35. The number of imide groups is 1. The molecule has 34 heavy (non-hydrogen) atoms. The predicted octanol–water partition coefficient (Wildman–Crippen LogP) is 5.28. The monoisotopic (exact) mass is 463 g/mol. The SMILES string of the molecule is CCCOc1ccc(NC(=O)C[C@@H]2C(=O)N(c3ccc(C)cc3)C(=O)N2C2CCCCC2)cc1. The van der Waals surface area contributed by atoms with Gasteiger partial charge in [0.2, 0.25) is 5.91 Å². The third-order valence-electron chi connectivity index (χ3n) is 6.50. The minimum absolute atomic E-state index is 0.0200. The molecule has 0 bridgehead atoms. The quantitative estimate of drug-likeness (QED) is 0.540. The van der Waals surface area contributed by atoms with Crippen LogP contribution in [0.15, 0.2) is 48.5 Å². The number of benzene rings is 2. The number of nitrogens with zero attached hydrogens (tertiary/aromatic N) is 2. The van der Waals surface area contributed by atoms with Gasteiger partial charge in [0.05, 0.1) is 18.7 Å². The van der Waals surface area contributed by atoms with E-state index < -0.39 is 6.04 Å². The van der Waals surface area contributed by atoms with Crippen LogP contribution < -0.4 is 15.0 Å². The van der Waals surface area contributed by atoms with Crippen molar-refractivity contribution < 1.29 is 19.1 Å². The van der Waals surface area contributed by atoms with E-state index in [1.165, 1.54) is 4.90 Å². The molecule has 2 aromatic carbocycles. The van der Waals surface area contributed by atoms with E-state index in [0.29, 0.717) is 18.0 Å². The molecule has 1 saturated carbocycles. The summed E-state index contributed by atoms with van der Waals surface area (Å²) in [7, 11) is 0. The summed E-state index contributed by atoms with van der Waals surface area (Å²) in [4.78, 5) is 42.8. The minimum atomic E-state index is -0.802. The van der Waals surface area contributed by atoms with Crippen molar-refractivity contribution >= 4 is 29.2 Å². The van der Waals surface area contributed by atoms with Gasteiger partial charge in [-0.1, -0.05) is 43.9 Å².